The summed E-state index contributed by atoms with van der Waals surface area (Å²) in [5.74, 6) is 0.972. The molecule has 2 amide bonds. The summed E-state index contributed by atoms with van der Waals surface area (Å²) in [6, 6.07) is 0.136. The quantitative estimate of drug-likeness (QED) is 0.774. The topological polar surface area (TPSA) is 49.9 Å². The molecule has 0 aromatic rings. The smallest absolute Gasteiger partial charge is 0.281 e. The molecule has 0 aromatic heterocycles. The van der Waals surface area contributed by atoms with E-state index < -0.39 is 0 Å². The van der Waals surface area contributed by atoms with Crippen LogP contribution in [0.3, 0.4) is 0 Å². The number of hydrogen-bond donors (Lipinski definition) is 0. The molecule has 0 N–H and O–H groups in total. The van der Waals surface area contributed by atoms with Gasteiger partial charge in [0.1, 0.15) is 0 Å². The summed E-state index contributed by atoms with van der Waals surface area (Å²) >= 11 is 1.34. The van der Waals surface area contributed by atoms with Gasteiger partial charge in [-0.25, -0.2) is 0 Å². The normalized spacial score (nSPS) is 28.9. The maximum absolute atomic E-state index is 12.1. The van der Waals surface area contributed by atoms with Crippen molar-refractivity contribution in [2.24, 2.45) is 0 Å². The van der Waals surface area contributed by atoms with Crippen LogP contribution in [0.15, 0.2) is 0 Å². The molecule has 0 bridgehead atoms. The van der Waals surface area contributed by atoms with Gasteiger partial charge in [0.25, 0.3) is 5.24 Å². The molecule has 0 unspecified atom stereocenters. The van der Waals surface area contributed by atoms with E-state index in [2.05, 4.69) is 0 Å². The maximum Gasteiger partial charge on any atom is 0.281 e. The van der Waals surface area contributed by atoms with E-state index in [1.54, 1.807) is 4.90 Å². The number of carbonyl (C=O) groups is 2. The zero-order valence-corrected chi connectivity index (χ0v) is 11.7. The van der Waals surface area contributed by atoms with E-state index in [-0.39, 0.29) is 23.3 Å². The van der Waals surface area contributed by atoms with Gasteiger partial charge in [-0.2, -0.15) is 0 Å². The Balaban J connectivity index is 1.81. The summed E-state index contributed by atoms with van der Waals surface area (Å²) in [6.07, 6.45) is 0.526. The van der Waals surface area contributed by atoms with Crippen molar-refractivity contribution in [3.63, 3.8) is 0 Å². The average molecular weight is 272 g/mol. The summed E-state index contributed by atoms with van der Waals surface area (Å²) in [5, 5.41) is 0.103. The summed E-state index contributed by atoms with van der Waals surface area (Å²) in [5.41, 5.74) is 0. The molecule has 2 aliphatic rings. The lowest BCUT2D eigenvalue weighted by Crippen LogP contribution is -2.50. The van der Waals surface area contributed by atoms with E-state index in [9.17, 15) is 9.59 Å². The van der Waals surface area contributed by atoms with Gasteiger partial charge in [0.15, 0.2) is 0 Å². The zero-order chi connectivity index (χ0) is 13.1. The fourth-order valence-corrected chi connectivity index (χ4v) is 3.11. The van der Waals surface area contributed by atoms with Crippen molar-refractivity contribution < 1.29 is 14.3 Å². The predicted octanol–water partition coefficient (Wildman–Crippen LogP) is 1.18. The molecule has 0 aromatic carbocycles. The van der Waals surface area contributed by atoms with Gasteiger partial charge in [0, 0.05) is 31.8 Å². The molecule has 2 atom stereocenters. The molecule has 6 heteroatoms. The van der Waals surface area contributed by atoms with E-state index in [1.807, 2.05) is 18.7 Å². The third-order valence-corrected chi connectivity index (χ3v) is 4.26. The minimum atomic E-state index is 0.103. The molecular weight excluding hydrogens is 252 g/mol. The molecule has 5 nitrogen and oxygen atoms in total. The molecule has 102 valence electrons. The summed E-state index contributed by atoms with van der Waals surface area (Å²) in [7, 11) is 0. The Morgan fingerprint density at radius 3 is 2.94 bits per heavy atom. The number of nitrogens with zero attached hydrogens (tertiary/aromatic N) is 2. The molecule has 2 fully saturated rings. The van der Waals surface area contributed by atoms with E-state index in [0.29, 0.717) is 26.1 Å². The number of hydrogen-bond acceptors (Lipinski definition) is 4. The van der Waals surface area contributed by atoms with Crippen molar-refractivity contribution in [3.05, 3.63) is 0 Å². The second kappa shape index (κ2) is 5.93. The molecule has 18 heavy (non-hydrogen) atoms. The lowest BCUT2D eigenvalue weighted by Gasteiger charge is -2.37. The lowest BCUT2D eigenvalue weighted by atomic mass is 10.2. The Kier molecular flexibility index (Phi) is 4.50. The van der Waals surface area contributed by atoms with Gasteiger partial charge < -0.3 is 14.5 Å². The van der Waals surface area contributed by atoms with Crippen LogP contribution < -0.4 is 0 Å². The minimum absolute atomic E-state index is 0.103. The first-order chi connectivity index (χ1) is 8.58. The van der Waals surface area contributed by atoms with Crippen LogP contribution in [0.25, 0.3) is 0 Å². The van der Waals surface area contributed by atoms with Crippen LogP contribution in [-0.4, -0.2) is 65.1 Å². The summed E-state index contributed by atoms with van der Waals surface area (Å²) in [6.45, 7) is 6.55. The molecule has 2 saturated heterocycles. The Morgan fingerprint density at radius 1 is 1.50 bits per heavy atom. The number of thioether (sulfide) groups is 1. The van der Waals surface area contributed by atoms with Crippen molar-refractivity contribution in [1.82, 2.24) is 9.80 Å². The monoisotopic (exact) mass is 272 g/mol. The molecule has 2 rings (SSSR count). The van der Waals surface area contributed by atoms with Gasteiger partial charge >= 0.3 is 0 Å². The first-order valence-electron chi connectivity index (χ1n) is 6.40. The third-order valence-electron chi connectivity index (χ3n) is 3.37. The predicted molar refractivity (Wildman–Crippen MR) is 70.6 cm³/mol. The van der Waals surface area contributed by atoms with E-state index in [0.717, 1.165) is 12.3 Å². The Labute approximate surface area is 112 Å². The number of amides is 2. The van der Waals surface area contributed by atoms with Gasteiger partial charge in [0.2, 0.25) is 5.91 Å². The highest BCUT2D eigenvalue weighted by Crippen LogP contribution is 2.18. The molecule has 0 spiro atoms. The maximum atomic E-state index is 12.1. The SMILES string of the molecule is C[C@@H]1CO[C@@H](C)CN1C(=O)CCN1CCSC1=O. The van der Waals surface area contributed by atoms with Crippen LogP contribution in [0.2, 0.25) is 0 Å². The molecule has 2 aliphatic heterocycles. The van der Waals surface area contributed by atoms with Gasteiger partial charge in [-0.15, -0.1) is 0 Å². The van der Waals surface area contributed by atoms with Crippen molar-refractivity contribution in [3.8, 4) is 0 Å². The fraction of sp³-hybridized carbons (Fsp3) is 0.833. The molecule has 0 saturated carbocycles. The van der Waals surface area contributed by atoms with E-state index in [4.69, 9.17) is 4.74 Å². The molecule has 0 aliphatic carbocycles. The first kappa shape index (κ1) is 13.7. The highest BCUT2D eigenvalue weighted by molar-refractivity contribution is 8.13. The van der Waals surface area contributed by atoms with Crippen LogP contribution in [0.5, 0.6) is 0 Å². The molecule has 2 heterocycles. The second-order valence-corrected chi connectivity index (χ2v) is 5.94. The second-order valence-electron chi connectivity index (χ2n) is 4.89. The molecular formula is C12H20N2O3S. The fourth-order valence-electron chi connectivity index (χ4n) is 2.25. The summed E-state index contributed by atoms with van der Waals surface area (Å²) < 4.78 is 5.50. The van der Waals surface area contributed by atoms with Crippen LogP contribution >= 0.6 is 11.8 Å². The van der Waals surface area contributed by atoms with Crippen molar-refractivity contribution in [2.45, 2.75) is 32.4 Å². The minimum Gasteiger partial charge on any atom is -0.375 e. The van der Waals surface area contributed by atoms with E-state index in [1.165, 1.54) is 11.8 Å². The van der Waals surface area contributed by atoms with Crippen LogP contribution in [0.4, 0.5) is 4.79 Å². The first-order valence-corrected chi connectivity index (χ1v) is 7.39. The third kappa shape index (κ3) is 3.17. The lowest BCUT2D eigenvalue weighted by molar-refractivity contribution is -0.143. The summed E-state index contributed by atoms with van der Waals surface area (Å²) in [4.78, 5) is 27.2. The largest absolute Gasteiger partial charge is 0.375 e. The highest BCUT2D eigenvalue weighted by atomic mass is 32.2. The van der Waals surface area contributed by atoms with Crippen molar-refractivity contribution >= 4 is 22.9 Å². The van der Waals surface area contributed by atoms with Crippen LogP contribution in [-0.2, 0) is 9.53 Å². The van der Waals surface area contributed by atoms with Crippen molar-refractivity contribution in [2.75, 3.05) is 32.0 Å². The van der Waals surface area contributed by atoms with Crippen LogP contribution in [0.1, 0.15) is 20.3 Å². The van der Waals surface area contributed by atoms with Gasteiger partial charge in [-0.05, 0) is 13.8 Å². The Morgan fingerprint density at radius 2 is 2.28 bits per heavy atom. The zero-order valence-electron chi connectivity index (χ0n) is 10.9. The van der Waals surface area contributed by atoms with Gasteiger partial charge in [-0.3, -0.25) is 9.59 Å². The van der Waals surface area contributed by atoms with Crippen LogP contribution in [0, 0.1) is 0 Å². The number of ether oxygens (including phenoxy) is 1. The van der Waals surface area contributed by atoms with Gasteiger partial charge in [0.05, 0.1) is 18.8 Å². The Bertz CT molecular complexity index is 337. The standard InChI is InChI=1S/C12H20N2O3S/c1-9-8-17-10(2)7-14(9)11(15)3-4-13-5-6-18-12(13)16/h9-10H,3-8H2,1-2H3/t9-,10+/m1/s1. The average Bonchev–Trinajstić information content (AvgIpc) is 2.75. The number of carbonyl (C=O) groups excluding carboxylic acids is 2. The molecule has 0 radical (unpaired) electrons. The Hall–Kier alpha value is -0.750. The van der Waals surface area contributed by atoms with Gasteiger partial charge in [-0.1, -0.05) is 11.8 Å². The number of morpholine rings is 1. The number of rotatable bonds is 3. The van der Waals surface area contributed by atoms with E-state index >= 15 is 0 Å². The van der Waals surface area contributed by atoms with Crippen molar-refractivity contribution in [1.29, 1.82) is 0 Å². The highest BCUT2D eigenvalue weighted by Gasteiger charge is 2.28.